The van der Waals surface area contributed by atoms with Crippen molar-refractivity contribution in [3.8, 4) is 0 Å². The molecule has 0 radical (unpaired) electrons. The van der Waals surface area contributed by atoms with E-state index in [1.165, 1.54) is 10.8 Å². The number of fused-ring (bicyclic) bond motifs is 2. The van der Waals surface area contributed by atoms with Crippen molar-refractivity contribution >= 4 is 33.4 Å². The van der Waals surface area contributed by atoms with Crippen LogP contribution < -0.4 is 11.1 Å². The van der Waals surface area contributed by atoms with Gasteiger partial charge in [-0.2, -0.15) is 0 Å². The van der Waals surface area contributed by atoms with Crippen LogP contribution in [0, 0.1) is 5.41 Å². The molecule has 5 rings (SSSR count). The van der Waals surface area contributed by atoms with Crippen LogP contribution >= 0.6 is 0 Å². The molecule has 32 heavy (non-hydrogen) atoms. The molecule has 0 bridgehead atoms. The lowest BCUT2D eigenvalue weighted by Crippen LogP contribution is -2.37. The third-order valence-corrected chi connectivity index (χ3v) is 6.38. The zero-order valence-corrected chi connectivity index (χ0v) is 18.1. The topological polar surface area (TPSA) is 87.1 Å². The van der Waals surface area contributed by atoms with Gasteiger partial charge in [0.2, 0.25) is 0 Å². The number of hydrogen-bond donors (Lipinski definition) is 3. The number of likely N-dealkylation sites (N-methyl/N-ethyl adjacent to an activating group) is 1. The van der Waals surface area contributed by atoms with E-state index in [-0.39, 0.29) is 17.8 Å². The Morgan fingerprint density at radius 2 is 1.91 bits per heavy atom. The molecule has 1 saturated heterocycles. The summed E-state index contributed by atoms with van der Waals surface area (Å²) in [4.78, 5) is 15.6. The summed E-state index contributed by atoms with van der Waals surface area (Å²) in [7, 11) is 2.08. The number of amidine groups is 1. The maximum absolute atomic E-state index is 13.4. The number of amides is 1. The minimum absolute atomic E-state index is 0.0183. The van der Waals surface area contributed by atoms with Gasteiger partial charge in [-0.3, -0.25) is 10.2 Å². The normalized spacial score (nSPS) is 16.6. The lowest BCUT2D eigenvalue weighted by Gasteiger charge is -2.16. The third-order valence-electron chi connectivity index (χ3n) is 6.38. The summed E-state index contributed by atoms with van der Waals surface area (Å²) in [5.41, 5.74) is 9.08. The molecular weight excluding hydrogens is 398 g/mol. The molecule has 4 aromatic rings. The molecule has 162 valence electrons. The second kappa shape index (κ2) is 8.13. The maximum Gasteiger partial charge on any atom is 0.268 e. The first-order chi connectivity index (χ1) is 15.5. The number of carbonyl (C=O) groups is 1. The van der Waals surface area contributed by atoms with Crippen molar-refractivity contribution in [2.75, 3.05) is 20.1 Å². The predicted octanol–water partition coefficient (Wildman–Crippen LogP) is 3.56. The molecule has 4 N–H and O–H groups in total. The molecule has 1 aliphatic heterocycles. The van der Waals surface area contributed by atoms with Gasteiger partial charge in [0.05, 0.1) is 0 Å². The molecule has 1 fully saturated rings. The lowest BCUT2D eigenvalue weighted by atomic mass is 10.0. The Bertz CT molecular complexity index is 1330. The number of carbonyl (C=O) groups excluding carboxylic acids is 1. The molecular formula is C26H27N5O. The predicted molar refractivity (Wildman–Crippen MR) is 129 cm³/mol. The van der Waals surface area contributed by atoms with Crippen LogP contribution in [-0.2, 0) is 6.54 Å². The SMILES string of the molecule is CN1CC[C@@H](NC(=O)c2cc3ccc(C(=N)N)cc3n2Cc2cccc3ccccc23)C1. The average molecular weight is 426 g/mol. The van der Waals surface area contributed by atoms with Crippen LogP contribution in [0.25, 0.3) is 21.7 Å². The Morgan fingerprint density at radius 3 is 2.69 bits per heavy atom. The van der Waals surface area contributed by atoms with Crippen molar-refractivity contribution in [1.82, 2.24) is 14.8 Å². The number of nitrogens with one attached hydrogen (secondary N) is 2. The van der Waals surface area contributed by atoms with Gasteiger partial charge >= 0.3 is 0 Å². The number of nitrogens with zero attached hydrogens (tertiary/aromatic N) is 2. The van der Waals surface area contributed by atoms with Crippen LogP contribution in [0.4, 0.5) is 0 Å². The van der Waals surface area contributed by atoms with E-state index in [9.17, 15) is 4.79 Å². The zero-order valence-electron chi connectivity index (χ0n) is 18.1. The van der Waals surface area contributed by atoms with Gasteiger partial charge in [-0.05, 0) is 48.5 Å². The number of nitrogen functional groups attached to an aromatic ring is 1. The molecule has 6 nitrogen and oxygen atoms in total. The first kappa shape index (κ1) is 20.3. The molecule has 0 unspecified atom stereocenters. The Hall–Kier alpha value is -3.64. The van der Waals surface area contributed by atoms with Gasteiger partial charge in [0, 0.05) is 35.6 Å². The van der Waals surface area contributed by atoms with E-state index in [2.05, 4.69) is 52.2 Å². The number of nitrogens with two attached hydrogens (primary N) is 1. The number of benzene rings is 3. The molecule has 3 aromatic carbocycles. The molecule has 6 heteroatoms. The van der Waals surface area contributed by atoms with Gasteiger partial charge in [0.25, 0.3) is 5.91 Å². The lowest BCUT2D eigenvalue weighted by molar-refractivity contribution is 0.0930. The second-order valence-electron chi connectivity index (χ2n) is 8.66. The summed E-state index contributed by atoms with van der Waals surface area (Å²) in [6.07, 6.45) is 0.959. The highest BCUT2D eigenvalue weighted by molar-refractivity contribution is 6.02. The summed E-state index contributed by atoms with van der Waals surface area (Å²) in [6, 6.07) is 22.3. The highest BCUT2D eigenvalue weighted by Crippen LogP contribution is 2.26. The van der Waals surface area contributed by atoms with E-state index in [1.54, 1.807) is 0 Å². The van der Waals surface area contributed by atoms with Gasteiger partial charge in [-0.1, -0.05) is 54.6 Å². The molecule has 0 saturated carbocycles. The largest absolute Gasteiger partial charge is 0.384 e. The first-order valence-electron chi connectivity index (χ1n) is 10.9. The van der Waals surface area contributed by atoms with Crippen molar-refractivity contribution in [2.24, 2.45) is 5.73 Å². The Labute approximate surface area is 187 Å². The maximum atomic E-state index is 13.4. The highest BCUT2D eigenvalue weighted by atomic mass is 16.2. The molecule has 0 spiro atoms. The third kappa shape index (κ3) is 3.74. The number of hydrogen-bond acceptors (Lipinski definition) is 3. The average Bonchev–Trinajstić information content (AvgIpc) is 3.36. The van der Waals surface area contributed by atoms with Crippen molar-refractivity contribution < 1.29 is 4.79 Å². The van der Waals surface area contributed by atoms with E-state index >= 15 is 0 Å². The van der Waals surface area contributed by atoms with Crippen LogP contribution in [-0.4, -0.2) is 47.4 Å². The van der Waals surface area contributed by atoms with E-state index in [0.717, 1.165) is 36.0 Å². The minimum Gasteiger partial charge on any atom is -0.384 e. The summed E-state index contributed by atoms with van der Waals surface area (Å²) in [5.74, 6) is -0.0454. The molecule has 1 aromatic heterocycles. The van der Waals surface area contributed by atoms with Gasteiger partial charge in [0.1, 0.15) is 11.5 Å². The zero-order chi connectivity index (χ0) is 22.2. The second-order valence-corrected chi connectivity index (χ2v) is 8.66. The fraction of sp³-hybridized carbons (Fsp3) is 0.231. The quantitative estimate of drug-likeness (QED) is 0.337. The van der Waals surface area contributed by atoms with E-state index in [0.29, 0.717) is 17.8 Å². The molecule has 1 atom stereocenters. The standard InChI is InChI=1S/C26H27N5O/c1-30-12-11-21(16-30)29-26(32)24-13-18-9-10-19(25(27)28)14-23(18)31(24)15-20-7-4-6-17-5-2-3-8-22(17)20/h2-10,13-14,21H,11-12,15-16H2,1H3,(H3,27,28)(H,29,32)/t21-/m1/s1. The van der Waals surface area contributed by atoms with Gasteiger partial charge in [-0.25, -0.2) is 0 Å². The van der Waals surface area contributed by atoms with Gasteiger partial charge < -0.3 is 20.5 Å². The van der Waals surface area contributed by atoms with Crippen molar-refractivity contribution in [2.45, 2.75) is 19.0 Å². The van der Waals surface area contributed by atoms with Gasteiger partial charge in [-0.15, -0.1) is 0 Å². The Balaban J connectivity index is 1.60. The number of likely N-dealkylation sites (tertiary alicyclic amines) is 1. The van der Waals surface area contributed by atoms with Gasteiger partial charge in [0.15, 0.2) is 0 Å². The Morgan fingerprint density at radius 1 is 1.09 bits per heavy atom. The fourth-order valence-electron chi connectivity index (χ4n) is 4.69. The molecule has 1 aliphatic rings. The molecule has 1 amide bonds. The summed E-state index contributed by atoms with van der Waals surface area (Å²) < 4.78 is 2.05. The van der Waals surface area contributed by atoms with E-state index in [4.69, 9.17) is 11.1 Å². The fourth-order valence-corrected chi connectivity index (χ4v) is 4.69. The highest BCUT2D eigenvalue weighted by Gasteiger charge is 2.24. The first-order valence-corrected chi connectivity index (χ1v) is 10.9. The van der Waals surface area contributed by atoms with E-state index in [1.807, 2.05) is 36.4 Å². The minimum atomic E-state index is -0.0638. The smallest absolute Gasteiger partial charge is 0.268 e. The monoisotopic (exact) mass is 425 g/mol. The molecule has 0 aliphatic carbocycles. The van der Waals surface area contributed by atoms with Crippen LogP contribution in [0.1, 0.15) is 28.0 Å². The van der Waals surface area contributed by atoms with Crippen LogP contribution in [0.15, 0.2) is 66.7 Å². The van der Waals surface area contributed by atoms with E-state index < -0.39 is 0 Å². The number of rotatable bonds is 5. The van der Waals surface area contributed by atoms with Crippen molar-refractivity contribution in [3.63, 3.8) is 0 Å². The Kier molecular flexibility index (Phi) is 5.15. The van der Waals surface area contributed by atoms with Crippen molar-refractivity contribution in [1.29, 1.82) is 5.41 Å². The molecule has 2 heterocycles. The van der Waals surface area contributed by atoms with Crippen LogP contribution in [0.2, 0.25) is 0 Å². The number of aromatic nitrogens is 1. The van der Waals surface area contributed by atoms with Crippen molar-refractivity contribution in [3.05, 3.63) is 83.6 Å². The summed E-state index contributed by atoms with van der Waals surface area (Å²) in [6.45, 7) is 2.41. The summed E-state index contributed by atoms with van der Waals surface area (Å²) in [5, 5.41) is 14.4. The van der Waals surface area contributed by atoms with Crippen LogP contribution in [0.3, 0.4) is 0 Å². The summed E-state index contributed by atoms with van der Waals surface area (Å²) >= 11 is 0. The van der Waals surface area contributed by atoms with Crippen LogP contribution in [0.5, 0.6) is 0 Å².